The standard InChI is InChI=1S/C30H37N3O2S/c1-21-13-16-33(18-23(21)3)30-31-27(20-36-30)26-9-5-6-10-28(26)35-19-25-12-11-24(17-22(25)2)29(34)32-14-7-4-8-15-32/h5-6,9-12,17,20-21,23H,4,7-8,13-16,18-19H2,1-3H3. The number of ether oxygens (including phenoxy) is 1. The highest BCUT2D eigenvalue weighted by molar-refractivity contribution is 7.14. The van der Waals surface area contributed by atoms with E-state index in [1.165, 1.54) is 12.8 Å². The molecule has 3 aromatic rings. The van der Waals surface area contributed by atoms with E-state index in [2.05, 4.69) is 37.1 Å². The number of amides is 1. The van der Waals surface area contributed by atoms with E-state index in [0.717, 1.165) is 83.8 Å². The number of carbonyl (C=O) groups excluding carboxylic acids is 1. The largest absolute Gasteiger partial charge is 0.488 e. The van der Waals surface area contributed by atoms with E-state index in [-0.39, 0.29) is 5.91 Å². The molecule has 5 nitrogen and oxygen atoms in total. The Morgan fingerprint density at radius 3 is 2.64 bits per heavy atom. The highest BCUT2D eigenvalue weighted by atomic mass is 32.1. The second-order valence-corrected chi connectivity index (χ2v) is 11.3. The van der Waals surface area contributed by atoms with Crippen LogP contribution in [0.25, 0.3) is 11.3 Å². The summed E-state index contributed by atoms with van der Waals surface area (Å²) in [6.45, 7) is 11.1. The molecule has 5 rings (SSSR count). The zero-order valence-corrected chi connectivity index (χ0v) is 22.5. The van der Waals surface area contributed by atoms with E-state index in [4.69, 9.17) is 9.72 Å². The summed E-state index contributed by atoms with van der Waals surface area (Å²) in [5.41, 5.74) is 4.94. The molecule has 2 aliphatic heterocycles. The van der Waals surface area contributed by atoms with Crippen LogP contribution in [0.4, 0.5) is 5.13 Å². The molecule has 190 valence electrons. The third-order valence-corrected chi connectivity index (χ3v) is 8.78. The maximum Gasteiger partial charge on any atom is 0.253 e. The van der Waals surface area contributed by atoms with Gasteiger partial charge in [-0.3, -0.25) is 4.79 Å². The number of piperidine rings is 2. The Morgan fingerprint density at radius 1 is 1.06 bits per heavy atom. The van der Waals surface area contributed by atoms with Gasteiger partial charge in [0.25, 0.3) is 5.91 Å². The number of hydrogen-bond donors (Lipinski definition) is 0. The van der Waals surface area contributed by atoms with Gasteiger partial charge in [-0.1, -0.05) is 32.0 Å². The summed E-state index contributed by atoms with van der Waals surface area (Å²) in [4.78, 5) is 22.3. The van der Waals surface area contributed by atoms with Gasteiger partial charge in [0.05, 0.1) is 5.69 Å². The van der Waals surface area contributed by atoms with Crippen molar-refractivity contribution in [1.29, 1.82) is 0 Å². The Labute approximate surface area is 219 Å². The van der Waals surface area contributed by atoms with Crippen molar-refractivity contribution >= 4 is 22.4 Å². The first-order valence-corrected chi connectivity index (χ1v) is 14.2. The first kappa shape index (κ1) is 24.8. The second-order valence-electron chi connectivity index (χ2n) is 10.5. The molecule has 0 saturated carbocycles. The van der Waals surface area contributed by atoms with Crippen molar-refractivity contribution in [1.82, 2.24) is 9.88 Å². The molecular weight excluding hydrogens is 466 g/mol. The lowest BCUT2D eigenvalue weighted by Crippen LogP contribution is -2.38. The van der Waals surface area contributed by atoms with Crippen molar-refractivity contribution in [3.8, 4) is 17.0 Å². The van der Waals surface area contributed by atoms with Crippen LogP contribution in [0.15, 0.2) is 47.8 Å². The lowest BCUT2D eigenvalue weighted by molar-refractivity contribution is 0.0724. The van der Waals surface area contributed by atoms with E-state index in [9.17, 15) is 4.79 Å². The van der Waals surface area contributed by atoms with E-state index < -0.39 is 0 Å². The number of nitrogens with zero attached hydrogens (tertiary/aromatic N) is 3. The molecule has 2 saturated heterocycles. The highest BCUT2D eigenvalue weighted by Crippen LogP contribution is 2.36. The molecule has 0 radical (unpaired) electrons. The van der Waals surface area contributed by atoms with Gasteiger partial charge < -0.3 is 14.5 Å². The van der Waals surface area contributed by atoms with Crippen molar-refractivity contribution in [2.75, 3.05) is 31.1 Å². The fraction of sp³-hybridized carbons (Fsp3) is 0.467. The van der Waals surface area contributed by atoms with Crippen molar-refractivity contribution < 1.29 is 9.53 Å². The molecule has 3 heterocycles. The zero-order valence-electron chi connectivity index (χ0n) is 21.7. The quantitative estimate of drug-likeness (QED) is 0.371. The summed E-state index contributed by atoms with van der Waals surface area (Å²) in [7, 11) is 0. The lowest BCUT2D eigenvalue weighted by Gasteiger charge is -2.35. The molecule has 2 fully saturated rings. The van der Waals surface area contributed by atoms with Crippen LogP contribution in [0.3, 0.4) is 0 Å². The number of aryl methyl sites for hydroxylation is 1. The molecule has 0 aliphatic carbocycles. The molecule has 2 atom stereocenters. The van der Waals surface area contributed by atoms with Crippen molar-refractivity contribution in [2.45, 2.75) is 53.1 Å². The molecule has 0 N–H and O–H groups in total. The molecule has 1 aromatic heterocycles. The molecule has 0 spiro atoms. The fourth-order valence-electron chi connectivity index (χ4n) is 5.20. The molecule has 0 bridgehead atoms. The third-order valence-electron chi connectivity index (χ3n) is 7.88. The normalized spacial score (nSPS) is 20.4. The van der Waals surface area contributed by atoms with Crippen LogP contribution in [-0.4, -0.2) is 42.0 Å². The van der Waals surface area contributed by atoms with Crippen LogP contribution in [0.2, 0.25) is 0 Å². The number of anilines is 1. The SMILES string of the molecule is Cc1cc(C(=O)N2CCCCC2)ccc1COc1ccccc1-c1csc(N2CCC(C)C(C)C2)n1. The Balaban J connectivity index is 1.27. The van der Waals surface area contributed by atoms with Crippen LogP contribution in [-0.2, 0) is 6.61 Å². The smallest absolute Gasteiger partial charge is 0.253 e. The summed E-state index contributed by atoms with van der Waals surface area (Å²) < 4.78 is 6.32. The maximum absolute atomic E-state index is 12.9. The van der Waals surface area contributed by atoms with E-state index in [1.807, 2.05) is 41.3 Å². The third kappa shape index (κ3) is 5.44. The van der Waals surface area contributed by atoms with Crippen molar-refractivity contribution in [3.63, 3.8) is 0 Å². The Bertz CT molecular complexity index is 1200. The van der Waals surface area contributed by atoms with Crippen LogP contribution >= 0.6 is 11.3 Å². The summed E-state index contributed by atoms with van der Waals surface area (Å²) in [5.74, 6) is 2.44. The monoisotopic (exact) mass is 503 g/mol. The zero-order chi connectivity index (χ0) is 25.1. The van der Waals surface area contributed by atoms with Crippen LogP contribution in [0.1, 0.15) is 61.0 Å². The van der Waals surface area contributed by atoms with Crippen molar-refractivity contribution in [2.24, 2.45) is 11.8 Å². The van der Waals surface area contributed by atoms with Crippen molar-refractivity contribution in [3.05, 3.63) is 64.5 Å². The number of benzene rings is 2. The van der Waals surface area contributed by atoms with E-state index >= 15 is 0 Å². The van der Waals surface area contributed by atoms with Gasteiger partial charge in [-0.15, -0.1) is 11.3 Å². The maximum atomic E-state index is 12.9. The van der Waals surface area contributed by atoms with Crippen LogP contribution in [0, 0.1) is 18.8 Å². The minimum absolute atomic E-state index is 0.146. The number of carbonyl (C=O) groups is 1. The summed E-state index contributed by atoms with van der Waals surface area (Å²) in [6.07, 6.45) is 4.65. The molecule has 2 unspecified atom stereocenters. The minimum atomic E-state index is 0.146. The fourth-order valence-corrected chi connectivity index (χ4v) is 6.06. The average molecular weight is 504 g/mol. The molecule has 6 heteroatoms. The number of likely N-dealkylation sites (tertiary alicyclic amines) is 1. The number of aromatic nitrogens is 1. The molecular formula is C30H37N3O2S. The van der Waals surface area contributed by atoms with Gasteiger partial charge in [-0.25, -0.2) is 4.98 Å². The number of para-hydroxylation sites is 1. The van der Waals surface area contributed by atoms with Gasteiger partial charge >= 0.3 is 0 Å². The van der Waals surface area contributed by atoms with Gasteiger partial charge in [0.2, 0.25) is 0 Å². The number of hydrogen-bond acceptors (Lipinski definition) is 5. The topological polar surface area (TPSA) is 45.7 Å². The summed E-state index contributed by atoms with van der Waals surface area (Å²) in [6, 6.07) is 14.1. The first-order chi connectivity index (χ1) is 17.5. The number of rotatable bonds is 6. The molecule has 2 aromatic carbocycles. The highest BCUT2D eigenvalue weighted by Gasteiger charge is 2.25. The van der Waals surface area contributed by atoms with Gasteiger partial charge in [-0.2, -0.15) is 0 Å². The number of thiazole rings is 1. The Kier molecular flexibility index (Phi) is 7.61. The summed E-state index contributed by atoms with van der Waals surface area (Å²) >= 11 is 1.72. The minimum Gasteiger partial charge on any atom is -0.488 e. The molecule has 2 aliphatic rings. The van der Waals surface area contributed by atoms with Gasteiger partial charge in [-0.05, 0) is 79.8 Å². The second kappa shape index (κ2) is 11.0. The van der Waals surface area contributed by atoms with E-state index in [0.29, 0.717) is 12.5 Å². The summed E-state index contributed by atoms with van der Waals surface area (Å²) in [5, 5.41) is 3.25. The molecule has 36 heavy (non-hydrogen) atoms. The predicted molar refractivity (Wildman–Crippen MR) is 148 cm³/mol. The van der Waals surface area contributed by atoms with Crippen LogP contribution < -0.4 is 9.64 Å². The van der Waals surface area contributed by atoms with Gasteiger partial charge in [0.15, 0.2) is 5.13 Å². The Hall–Kier alpha value is -2.86. The van der Waals surface area contributed by atoms with Crippen LogP contribution in [0.5, 0.6) is 5.75 Å². The lowest BCUT2D eigenvalue weighted by atomic mass is 9.89. The van der Waals surface area contributed by atoms with Gasteiger partial charge in [0.1, 0.15) is 12.4 Å². The first-order valence-electron chi connectivity index (χ1n) is 13.3. The molecule has 1 amide bonds. The van der Waals surface area contributed by atoms with Gasteiger partial charge in [0, 0.05) is 42.7 Å². The predicted octanol–water partition coefficient (Wildman–Crippen LogP) is 6.81. The Morgan fingerprint density at radius 2 is 1.86 bits per heavy atom. The van der Waals surface area contributed by atoms with E-state index in [1.54, 1.807) is 11.3 Å². The average Bonchev–Trinajstić information content (AvgIpc) is 3.40.